The second-order valence-corrected chi connectivity index (χ2v) is 10.3. The fraction of sp³-hybridized carbons (Fsp3) is 0.586. The number of fused-ring (bicyclic) bond motifs is 1. The van der Waals surface area contributed by atoms with E-state index >= 15 is 4.39 Å². The van der Waals surface area contributed by atoms with Gasteiger partial charge in [0.15, 0.2) is 11.6 Å². The highest BCUT2D eigenvalue weighted by molar-refractivity contribution is 5.65. The Hall–Kier alpha value is -2.04. The molecule has 0 aromatic heterocycles. The van der Waals surface area contributed by atoms with Crippen LogP contribution in [0.2, 0.25) is 0 Å². The molecule has 5 heteroatoms. The van der Waals surface area contributed by atoms with E-state index in [9.17, 15) is 13.2 Å². The van der Waals surface area contributed by atoms with E-state index in [1.807, 2.05) is 6.07 Å². The summed E-state index contributed by atoms with van der Waals surface area (Å²) in [5.74, 6) is 0.946. The topological polar surface area (TPSA) is 9.23 Å². The van der Waals surface area contributed by atoms with Crippen molar-refractivity contribution in [2.45, 2.75) is 90.1 Å². The first-order chi connectivity index (χ1) is 16.4. The molecule has 1 nitrogen and oxygen atoms in total. The van der Waals surface area contributed by atoms with Crippen LogP contribution in [0.25, 0.3) is 11.1 Å². The average molecular weight is 477 g/mol. The standard InChI is InChI=1S/C29H36F4O/c1-2-3-4-5-6-19-7-8-21-16-22(10-9-20(21)15-19)23-11-13-25(26(30)17-23)24-12-14-28(27(31)18-24)34-29(32)33/h11-14,17-22,29H,2-10,15-16H2,1H3/t19?,20-,21-,22-/m1/s1. The minimum Gasteiger partial charge on any atom is -0.432 e. The molecule has 2 aliphatic carbocycles. The molecule has 0 aliphatic heterocycles. The van der Waals surface area contributed by atoms with Gasteiger partial charge in [-0.2, -0.15) is 8.78 Å². The smallest absolute Gasteiger partial charge is 0.387 e. The van der Waals surface area contributed by atoms with Gasteiger partial charge in [0.05, 0.1) is 0 Å². The number of alkyl halides is 2. The molecule has 0 heterocycles. The molecule has 0 radical (unpaired) electrons. The minimum atomic E-state index is -3.10. The highest BCUT2D eigenvalue weighted by Gasteiger charge is 2.36. The van der Waals surface area contributed by atoms with Crippen LogP contribution in [0.15, 0.2) is 36.4 Å². The van der Waals surface area contributed by atoms with Crippen molar-refractivity contribution in [3.63, 3.8) is 0 Å². The molecule has 0 spiro atoms. The summed E-state index contributed by atoms with van der Waals surface area (Å²) in [6, 6.07) is 8.79. The maximum atomic E-state index is 15.0. The third-order valence-electron chi connectivity index (χ3n) is 8.11. The first-order valence-electron chi connectivity index (χ1n) is 13.0. The van der Waals surface area contributed by atoms with Gasteiger partial charge in [0.1, 0.15) is 5.82 Å². The van der Waals surface area contributed by atoms with Gasteiger partial charge in [0.25, 0.3) is 0 Å². The van der Waals surface area contributed by atoms with Gasteiger partial charge < -0.3 is 4.74 Å². The maximum Gasteiger partial charge on any atom is 0.387 e. The number of halogens is 4. The summed E-state index contributed by atoms with van der Waals surface area (Å²) in [4.78, 5) is 0. The van der Waals surface area contributed by atoms with Crippen LogP contribution >= 0.6 is 0 Å². The lowest BCUT2D eigenvalue weighted by Gasteiger charge is -2.42. The molecule has 0 bridgehead atoms. The lowest BCUT2D eigenvalue weighted by atomic mass is 9.63. The summed E-state index contributed by atoms with van der Waals surface area (Å²) in [7, 11) is 0. The molecule has 0 N–H and O–H groups in total. The largest absolute Gasteiger partial charge is 0.432 e. The van der Waals surface area contributed by atoms with Crippen LogP contribution in [-0.2, 0) is 0 Å². The van der Waals surface area contributed by atoms with Gasteiger partial charge in [0, 0.05) is 5.56 Å². The Labute approximate surface area is 200 Å². The molecule has 4 rings (SSSR count). The van der Waals surface area contributed by atoms with Gasteiger partial charge in [-0.05, 0) is 85.1 Å². The van der Waals surface area contributed by atoms with E-state index in [1.54, 1.807) is 12.1 Å². The zero-order chi connectivity index (χ0) is 24.1. The summed E-state index contributed by atoms with van der Waals surface area (Å²) >= 11 is 0. The average Bonchev–Trinajstić information content (AvgIpc) is 2.82. The summed E-state index contributed by atoms with van der Waals surface area (Å²) in [5.41, 5.74) is 1.59. The Morgan fingerprint density at radius 1 is 0.853 bits per heavy atom. The van der Waals surface area contributed by atoms with E-state index < -0.39 is 24.0 Å². The van der Waals surface area contributed by atoms with Crippen molar-refractivity contribution in [3.8, 4) is 16.9 Å². The fourth-order valence-corrected chi connectivity index (χ4v) is 6.29. The summed E-state index contributed by atoms with van der Waals surface area (Å²) in [6.45, 7) is -0.846. The molecule has 186 valence electrons. The minimum absolute atomic E-state index is 0.267. The number of hydrogen-bond acceptors (Lipinski definition) is 1. The number of ether oxygens (including phenoxy) is 1. The predicted molar refractivity (Wildman–Crippen MR) is 128 cm³/mol. The van der Waals surface area contributed by atoms with Crippen LogP contribution in [0.4, 0.5) is 17.6 Å². The molecule has 2 aromatic carbocycles. The summed E-state index contributed by atoms with van der Waals surface area (Å²) in [5, 5.41) is 0. The van der Waals surface area contributed by atoms with Crippen LogP contribution in [0.3, 0.4) is 0 Å². The number of rotatable bonds is 9. The van der Waals surface area contributed by atoms with E-state index in [1.165, 1.54) is 63.9 Å². The van der Waals surface area contributed by atoms with Crippen LogP contribution in [-0.4, -0.2) is 6.61 Å². The van der Waals surface area contributed by atoms with Crippen LogP contribution in [0, 0.1) is 29.4 Å². The third kappa shape index (κ3) is 6.14. The maximum absolute atomic E-state index is 15.0. The van der Waals surface area contributed by atoms with Gasteiger partial charge in [-0.15, -0.1) is 0 Å². The van der Waals surface area contributed by atoms with Crippen LogP contribution in [0.1, 0.15) is 89.0 Å². The van der Waals surface area contributed by atoms with E-state index in [-0.39, 0.29) is 5.56 Å². The first-order valence-corrected chi connectivity index (χ1v) is 13.0. The second-order valence-electron chi connectivity index (χ2n) is 10.3. The normalized spacial score (nSPS) is 24.8. The van der Waals surface area contributed by atoms with Crippen molar-refractivity contribution in [1.82, 2.24) is 0 Å². The molecule has 34 heavy (non-hydrogen) atoms. The molecular weight excluding hydrogens is 440 g/mol. The number of hydrogen-bond donors (Lipinski definition) is 0. The van der Waals surface area contributed by atoms with Gasteiger partial charge >= 0.3 is 6.61 Å². The van der Waals surface area contributed by atoms with Crippen molar-refractivity contribution < 1.29 is 22.3 Å². The predicted octanol–water partition coefficient (Wildman–Crippen LogP) is 9.50. The van der Waals surface area contributed by atoms with Gasteiger partial charge in [-0.25, -0.2) is 8.78 Å². The molecule has 2 saturated carbocycles. The molecular formula is C29H36F4O. The Bertz CT molecular complexity index is 944. The zero-order valence-corrected chi connectivity index (χ0v) is 20.0. The molecule has 1 unspecified atom stereocenters. The highest BCUT2D eigenvalue weighted by atomic mass is 19.3. The van der Waals surface area contributed by atoms with Crippen molar-refractivity contribution in [2.75, 3.05) is 0 Å². The second kappa shape index (κ2) is 11.6. The highest BCUT2D eigenvalue weighted by Crippen LogP contribution is 2.48. The zero-order valence-electron chi connectivity index (χ0n) is 20.0. The Kier molecular flexibility index (Phi) is 8.55. The lowest BCUT2D eigenvalue weighted by molar-refractivity contribution is -0.0521. The van der Waals surface area contributed by atoms with Gasteiger partial charge in [-0.1, -0.05) is 63.6 Å². The van der Waals surface area contributed by atoms with Gasteiger partial charge in [-0.3, -0.25) is 0 Å². The SMILES string of the molecule is CCCCCCC1CC[C@@H]2C[C@H](c3ccc(-c4ccc(OC(F)F)c(F)c4)c(F)c3)CC[C@@H]2C1. The first kappa shape index (κ1) is 25.1. The van der Waals surface area contributed by atoms with Crippen LogP contribution < -0.4 is 4.74 Å². The van der Waals surface area contributed by atoms with E-state index in [0.29, 0.717) is 11.5 Å². The van der Waals surface area contributed by atoms with E-state index in [2.05, 4.69) is 11.7 Å². The van der Waals surface area contributed by atoms with Gasteiger partial charge in [0.2, 0.25) is 0 Å². The Morgan fingerprint density at radius 2 is 1.65 bits per heavy atom. The monoisotopic (exact) mass is 476 g/mol. The van der Waals surface area contributed by atoms with Crippen molar-refractivity contribution >= 4 is 0 Å². The fourth-order valence-electron chi connectivity index (χ4n) is 6.29. The third-order valence-corrected chi connectivity index (χ3v) is 8.11. The van der Waals surface area contributed by atoms with Crippen molar-refractivity contribution in [2.24, 2.45) is 17.8 Å². The molecule has 2 aromatic rings. The summed E-state index contributed by atoms with van der Waals surface area (Å²) in [6.07, 6.45) is 14.2. The molecule has 0 amide bonds. The quantitative estimate of drug-likeness (QED) is 0.259. The van der Waals surface area contributed by atoms with Crippen molar-refractivity contribution in [3.05, 3.63) is 53.6 Å². The Balaban J connectivity index is 1.37. The lowest BCUT2D eigenvalue weighted by Crippen LogP contribution is -2.30. The van der Waals surface area contributed by atoms with Crippen molar-refractivity contribution in [1.29, 1.82) is 0 Å². The molecule has 4 atom stereocenters. The number of benzene rings is 2. The number of unbranched alkanes of at least 4 members (excludes halogenated alkanes) is 3. The van der Waals surface area contributed by atoms with E-state index in [0.717, 1.165) is 48.3 Å². The van der Waals surface area contributed by atoms with Crippen LogP contribution in [0.5, 0.6) is 5.75 Å². The summed E-state index contributed by atoms with van der Waals surface area (Å²) < 4.78 is 58.0. The molecule has 2 aliphatic rings. The molecule has 2 fully saturated rings. The Morgan fingerprint density at radius 3 is 2.38 bits per heavy atom. The molecule has 0 saturated heterocycles. The van der Waals surface area contributed by atoms with E-state index in [4.69, 9.17) is 0 Å².